The first kappa shape index (κ1) is 18.0. The lowest BCUT2D eigenvalue weighted by molar-refractivity contribution is -0.154. The first-order valence-corrected chi connectivity index (χ1v) is 14.6. The highest BCUT2D eigenvalue weighted by atomic mass is 16.7. The van der Waals surface area contributed by atoms with Crippen molar-refractivity contribution in [3.05, 3.63) is 72.8 Å². The second-order valence-corrected chi connectivity index (χ2v) is 13.9. The van der Waals surface area contributed by atoms with E-state index in [0.29, 0.717) is 71.0 Å². The summed E-state index contributed by atoms with van der Waals surface area (Å²) in [5, 5.41) is 4.94. The van der Waals surface area contributed by atoms with Gasteiger partial charge in [0.1, 0.15) is 0 Å². The molecule has 0 aromatic heterocycles. The zero-order chi connectivity index (χ0) is 23.9. The molecule has 0 unspecified atom stereocenters. The Hall–Kier alpha value is -3.40. The Morgan fingerprint density at radius 1 is 0.368 bits per heavy atom. The third-order valence-electron chi connectivity index (χ3n) is 13.4. The van der Waals surface area contributed by atoms with Crippen molar-refractivity contribution >= 4 is 21.5 Å². The summed E-state index contributed by atoms with van der Waals surface area (Å²) in [6.07, 6.45) is 0. The molecule has 0 saturated heterocycles. The van der Waals surface area contributed by atoms with Crippen LogP contribution in [0.1, 0.15) is 0 Å². The Balaban J connectivity index is 0.940. The number of ether oxygens (including phenoxy) is 4. The van der Waals surface area contributed by atoms with Crippen LogP contribution in [-0.4, -0.2) is 11.6 Å². The van der Waals surface area contributed by atoms with Crippen LogP contribution in [0.3, 0.4) is 0 Å². The molecule has 8 saturated carbocycles. The van der Waals surface area contributed by atoms with Crippen molar-refractivity contribution in [1.82, 2.24) is 0 Å². The van der Waals surface area contributed by atoms with Gasteiger partial charge in [0.25, 0.3) is 11.6 Å². The maximum absolute atomic E-state index is 7.03. The van der Waals surface area contributed by atoms with E-state index in [1.54, 1.807) is 0 Å². The smallest absolute Gasteiger partial charge is 0.258 e. The maximum Gasteiger partial charge on any atom is 0.258 e. The van der Waals surface area contributed by atoms with Crippen LogP contribution in [0.15, 0.2) is 72.8 Å². The zero-order valence-corrected chi connectivity index (χ0v) is 20.5. The summed E-state index contributed by atoms with van der Waals surface area (Å²) in [6.45, 7) is 0. The summed E-state index contributed by atoms with van der Waals surface area (Å²) in [5.41, 5.74) is 0. The lowest BCUT2D eigenvalue weighted by atomic mass is 9.80. The van der Waals surface area contributed by atoms with Crippen molar-refractivity contribution in [2.24, 2.45) is 71.0 Å². The molecular formula is C34H24O4. The van der Waals surface area contributed by atoms with Crippen LogP contribution in [0.25, 0.3) is 21.5 Å². The zero-order valence-electron chi connectivity index (χ0n) is 20.5. The minimum Gasteiger partial charge on any atom is -0.448 e. The molecule has 2 heterocycles. The van der Waals surface area contributed by atoms with Crippen LogP contribution < -0.4 is 18.9 Å². The average Bonchev–Trinajstić information content (AvgIpc) is 3.75. The van der Waals surface area contributed by atoms with Crippen LogP contribution in [0, 0.1) is 71.0 Å². The average molecular weight is 497 g/mol. The van der Waals surface area contributed by atoms with E-state index in [0.717, 1.165) is 23.0 Å². The molecule has 38 heavy (non-hydrogen) atoms. The SMILES string of the molecule is c1ccc2cc3c(cc2c1)OC1(O3)C2C3C4C5C6C(C2C2C3C5C3(Oc5cc7ccccc7cc5O3)C26)C41. The van der Waals surface area contributed by atoms with Crippen molar-refractivity contribution in [3.8, 4) is 23.0 Å². The topological polar surface area (TPSA) is 36.9 Å². The summed E-state index contributed by atoms with van der Waals surface area (Å²) in [4.78, 5) is 0. The number of fused-ring (bicyclic) bond motifs is 4. The summed E-state index contributed by atoms with van der Waals surface area (Å²) >= 11 is 0. The van der Waals surface area contributed by atoms with E-state index in [2.05, 4.69) is 72.8 Å². The Kier molecular flexibility index (Phi) is 2.36. The van der Waals surface area contributed by atoms with E-state index in [-0.39, 0.29) is 0 Å². The molecule has 0 N–H and O–H groups in total. The van der Waals surface area contributed by atoms with Gasteiger partial charge in [-0.15, -0.1) is 0 Å². The highest BCUT2D eigenvalue weighted by Crippen LogP contribution is 2.96. The largest absolute Gasteiger partial charge is 0.448 e. The minimum absolute atomic E-state index is 0.428. The molecule has 2 aliphatic heterocycles. The lowest BCUT2D eigenvalue weighted by Crippen LogP contribution is -2.50. The van der Waals surface area contributed by atoms with E-state index >= 15 is 0 Å². The fraction of sp³-hybridized carbons (Fsp3) is 0.412. The third-order valence-corrected chi connectivity index (χ3v) is 13.4. The summed E-state index contributed by atoms with van der Waals surface area (Å²) in [5.74, 6) is 10.7. The highest BCUT2D eigenvalue weighted by Gasteiger charge is 3.01. The van der Waals surface area contributed by atoms with Gasteiger partial charge in [-0.3, -0.25) is 0 Å². The van der Waals surface area contributed by atoms with E-state index < -0.39 is 11.6 Å². The Bertz CT molecular complexity index is 1540. The Morgan fingerprint density at radius 2 is 0.605 bits per heavy atom. The summed E-state index contributed by atoms with van der Waals surface area (Å²) in [7, 11) is 0. The maximum atomic E-state index is 7.03. The Labute approximate surface area is 218 Å². The van der Waals surface area contributed by atoms with Gasteiger partial charge in [-0.1, -0.05) is 48.5 Å². The van der Waals surface area contributed by atoms with Crippen LogP contribution in [0.2, 0.25) is 0 Å². The number of rotatable bonds is 0. The molecule has 10 aliphatic rings. The molecule has 4 aromatic carbocycles. The Morgan fingerprint density at radius 3 is 0.842 bits per heavy atom. The molecule has 8 fully saturated rings. The number of benzene rings is 4. The molecule has 0 amide bonds. The van der Waals surface area contributed by atoms with Gasteiger partial charge >= 0.3 is 0 Å². The number of hydrogen-bond acceptors (Lipinski definition) is 4. The van der Waals surface area contributed by atoms with Gasteiger partial charge in [-0.05, 0) is 93.2 Å². The summed E-state index contributed by atoms with van der Waals surface area (Å²) < 4.78 is 28.1. The predicted molar refractivity (Wildman–Crippen MR) is 138 cm³/mol. The standard InChI is InChI=1S/C34H24O4/c1-2-6-14-10-18-17(9-13(14)5-1)35-33(36-18)29-21-22-26-28-24(30(22)33)23(29)27-25(21)31(26)34(32(27)28)37-19-11-15-7-3-4-8-16(15)12-20(19)38-34/h1-12,21-32H. The van der Waals surface area contributed by atoms with Crippen molar-refractivity contribution in [2.45, 2.75) is 11.6 Å². The molecule has 184 valence electrons. The molecule has 4 heteroatoms. The van der Waals surface area contributed by atoms with Crippen LogP contribution in [0.5, 0.6) is 23.0 Å². The van der Waals surface area contributed by atoms with Crippen molar-refractivity contribution in [1.29, 1.82) is 0 Å². The van der Waals surface area contributed by atoms with Gasteiger partial charge in [0.05, 0.1) is 0 Å². The number of hydrogen-bond donors (Lipinski definition) is 0. The second kappa shape index (κ2) is 4.99. The third kappa shape index (κ3) is 1.44. The van der Waals surface area contributed by atoms with Gasteiger partial charge in [0.15, 0.2) is 23.0 Å². The first-order chi connectivity index (χ1) is 18.8. The van der Waals surface area contributed by atoms with E-state index in [1.165, 1.54) is 21.5 Å². The molecule has 0 radical (unpaired) electrons. The quantitative estimate of drug-likeness (QED) is 0.294. The highest BCUT2D eigenvalue weighted by molar-refractivity contribution is 5.87. The molecule has 4 nitrogen and oxygen atoms in total. The van der Waals surface area contributed by atoms with Crippen molar-refractivity contribution in [3.63, 3.8) is 0 Å². The van der Waals surface area contributed by atoms with E-state index in [9.17, 15) is 0 Å². The summed E-state index contributed by atoms with van der Waals surface area (Å²) in [6, 6.07) is 26.0. The van der Waals surface area contributed by atoms with Gasteiger partial charge in [-0.25, -0.2) is 0 Å². The normalized spacial score (nSPS) is 47.2. The second-order valence-electron chi connectivity index (χ2n) is 13.9. The van der Waals surface area contributed by atoms with Gasteiger partial charge in [0, 0.05) is 23.7 Å². The first-order valence-electron chi connectivity index (χ1n) is 14.6. The molecule has 2 spiro atoms. The van der Waals surface area contributed by atoms with E-state index in [4.69, 9.17) is 18.9 Å². The van der Waals surface area contributed by atoms with E-state index in [1.807, 2.05) is 0 Å². The minimum atomic E-state index is -0.428. The lowest BCUT2D eigenvalue weighted by Gasteiger charge is -2.34. The monoisotopic (exact) mass is 496 g/mol. The molecular weight excluding hydrogens is 472 g/mol. The fourth-order valence-electron chi connectivity index (χ4n) is 13.5. The van der Waals surface area contributed by atoms with Crippen LogP contribution in [0.4, 0.5) is 0 Å². The molecule has 14 rings (SSSR count). The molecule has 4 aromatic rings. The van der Waals surface area contributed by atoms with Crippen LogP contribution >= 0.6 is 0 Å². The van der Waals surface area contributed by atoms with Crippen molar-refractivity contribution < 1.29 is 18.9 Å². The molecule has 0 atom stereocenters. The van der Waals surface area contributed by atoms with Gasteiger partial charge < -0.3 is 18.9 Å². The van der Waals surface area contributed by atoms with Gasteiger partial charge in [-0.2, -0.15) is 0 Å². The molecule has 8 aliphatic carbocycles. The predicted octanol–water partition coefficient (Wildman–Crippen LogP) is 6.12. The van der Waals surface area contributed by atoms with Crippen molar-refractivity contribution in [2.75, 3.05) is 0 Å². The fourth-order valence-corrected chi connectivity index (χ4v) is 13.5. The van der Waals surface area contributed by atoms with Gasteiger partial charge in [0.2, 0.25) is 0 Å². The molecule has 4 bridgehead atoms. The van der Waals surface area contributed by atoms with Crippen LogP contribution in [-0.2, 0) is 0 Å².